The third-order valence-corrected chi connectivity index (χ3v) is 6.43. The SMILES string of the molecule is CCC(CC)C(=O)[O-].OCCOCCN1CCN(C(c2ccccc2)c2ccc(Cl)cc2)CC1.[Ca+2]. The quantitative estimate of drug-likeness (QED) is 0.356. The molecule has 0 spiro atoms. The number of carbonyl (C=O) groups excluding carboxylic acids is 1. The molecule has 1 N–H and O–H groups in total. The van der Waals surface area contributed by atoms with Gasteiger partial charge < -0.3 is 19.7 Å². The van der Waals surface area contributed by atoms with Crippen LogP contribution < -0.4 is 5.11 Å². The van der Waals surface area contributed by atoms with Crippen molar-refractivity contribution >= 4 is 55.3 Å². The fraction of sp³-hybridized carbons (Fsp3) is 0.519. The van der Waals surface area contributed by atoms with Crippen LogP contribution in [0.2, 0.25) is 5.02 Å². The Hall–Kier alpha value is -0.700. The van der Waals surface area contributed by atoms with Gasteiger partial charge in [-0.3, -0.25) is 9.80 Å². The normalized spacial score (nSPS) is 15.1. The van der Waals surface area contributed by atoms with E-state index in [2.05, 4.69) is 52.3 Å². The van der Waals surface area contributed by atoms with Crippen LogP contribution in [-0.2, 0) is 9.53 Å². The number of nitrogens with zero attached hydrogens (tertiary/aromatic N) is 2. The maximum atomic E-state index is 10.1. The second-order valence-electron chi connectivity index (χ2n) is 8.41. The molecule has 1 unspecified atom stereocenters. The van der Waals surface area contributed by atoms with Crippen molar-refractivity contribution in [2.75, 3.05) is 52.5 Å². The summed E-state index contributed by atoms with van der Waals surface area (Å²) in [4.78, 5) is 15.0. The van der Waals surface area contributed by atoms with E-state index < -0.39 is 5.97 Å². The van der Waals surface area contributed by atoms with Gasteiger partial charge in [0.1, 0.15) is 0 Å². The summed E-state index contributed by atoms with van der Waals surface area (Å²) in [6.45, 7) is 9.90. The number of piperazine rings is 1. The van der Waals surface area contributed by atoms with E-state index in [0.29, 0.717) is 26.1 Å². The molecule has 1 fully saturated rings. The van der Waals surface area contributed by atoms with Crippen molar-refractivity contribution in [3.05, 3.63) is 70.7 Å². The smallest absolute Gasteiger partial charge is 0.550 e. The Bertz CT molecular complexity index is 814. The zero-order valence-electron chi connectivity index (χ0n) is 21.1. The summed E-state index contributed by atoms with van der Waals surface area (Å²) >= 11 is 6.09. The number of hydrogen-bond acceptors (Lipinski definition) is 6. The number of aliphatic hydroxyl groups is 1. The summed E-state index contributed by atoms with van der Waals surface area (Å²) in [5.74, 6) is -1.16. The van der Waals surface area contributed by atoms with E-state index in [1.165, 1.54) is 11.1 Å². The maximum absolute atomic E-state index is 10.1. The van der Waals surface area contributed by atoms with Gasteiger partial charge in [-0.2, -0.15) is 0 Å². The van der Waals surface area contributed by atoms with E-state index in [1.54, 1.807) is 0 Å². The van der Waals surface area contributed by atoms with Gasteiger partial charge in [0.05, 0.1) is 25.9 Å². The van der Waals surface area contributed by atoms with Crippen molar-refractivity contribution in [1.82, 2.24) is 9.80 Å². The van der Waals surface area contributed by atoms with Crippen LogP contribution in [0, 0.1) is 5.92 Å². The Morgan fingerprint density at radius 3 is 2.03 bits per heavy atom. The Balaban J connectivity index is 0.000000590. The monoisotopic (exact) mass is 529 g/mol. The van der Waals surface area contributed by atoms with Gasteiger partial charge in [-0.15, -0.1) is 0 Å². The third kappa shape index (κ3) is 11.5. The molecular formula is C27H38CaClN2O4+. The third-order valence-electron chi connectivity index (χ3n) is 6.18. The molecule has 1 aliphatic rings. The Kier molecular flexibility index (Phi) is 17.1. The van der Waals surface area contributed by atoms with E-state index in [-0.39, 0.29) is 56.3 Å². The van der Waals surface area contributed by atoms with Crippen molar-refractivity contribution < 1.29 is 19.7 Å². The van der Waals surface area contributed by atoms with Gasteiger partial charge in [0.15, 0.2) is 0 Å². The van der Waals surface area contributed by atoms with E-state index in [1.807, 2.05) is 26.0 Å². The summed E-state index contributed by atoms with van der Waals surface area (Å²) in [5, 5.41) is 19.6. The molecule has 0 aromatic heterocycles. The number of halogens is 1. The van der Waals surface area contributed by atoms with Crippen molar-refractivity contribution in [2.24, 2.45) is 5.92 Å². The van der Waals surface area contributed by atoms with Crippen molar-refractivity contribution in [3.8, 4) is 0 Å². The molecule has 1 saturated heterocycles. The van der Waals surface area contributed by atoms with Gasteiger partial charge in [0.2, 0.25) is 0 Å². The van der Waals surface area contributed by atoms with Crippen LogP contribution in [0.1, 0.15) is 43.9 Å². The predicted octanol–water partition coefficient (Wildman–Crippen LogP) is 2.85. The number of aliphatic carboxylic acids is 1. The molecule has 8 heteroatoms. The van der Waals surface area contributed by atoms with Crippen molar-refractivity contribution in [2.45, 2.75) is 32.7 Å². The molecule has 3 rings (SSSR count). The maximum Gasteiger partial charge on any atom is 2.00 e. The van der Waals surface area contributed by atoms with Crippen LogP contribution in [0.25, 0.3) is 0 Å². The van der Waals surface area contributed by atoms with Crippen LogP contribution >= 0.6 is 11.6 Å². The fourth-order valence-corrected chi connectivity index (χ4v) is 4.25. The Morgan fingerprint density at radius 1 is 0.971 bits per heavy atom. The molecule has 6 nitrogen and oxygen atoms in total. The molecule has 35 heavy (non-hydrogen) atoms. The zero-order chi connectivity index (χ0) is 24.8. The van der Waals surface area contributed by atoms with Crippen LogP contribution in [0.4, 0.5) is 0 Å². The molecule has 1 heterocycles. The van der Waals surface area contributed by atoms with Gasteiger partial charge in [0, 0.05) is 43.7 Å². The molecule has 1 atom stereocenters. The standard InChI is InChI=1S/C21H27ClN2O2.C6H12O2.Ca/c22-20-8-6-19(7-9-20)21(18-4-2-1-3-5-18)24-12-10-23(11-13-24)14-16-26-17-15-25;1-3-5(4-2)6(7)8;/h1-9,21,25H,10-17H2;5H,3-4H2,1-2H3,(H,7,8);/q;;+2/p-1. The molecule has 188 valence electrons. The summed E-state index contributed by atoms with van der Waals surface area (Å²) in [5.41, 5.74) is 2.59. The Labute approximate surface area is 245 Å². The molecule has 0 bridgehead atoms. The van der Waals surface area contributed by atoms with Gasteiger partial charge in [-0.25, -0.2) is 0 Å². The number of rotatable bonds is 11. The first kappa shape index (κ1) is 32.3. The van der Waals surface area contributed by atoms with Crippen LogP contribution in [-0.4, -0.2) is 111 Å². The summed E-state index contributed by atoms with van der Waals surface area (Å²) in [6, 6.07) is 19.1. The summed E-state index contributed by atoms with van der Waals surface area (Å²) in [6.07, 6.45) is 1.36. The van der Waals surface area contributed by atoms with Crippen molar-refractivity contribution in [3.63, 3.8) is 0 Å². The number of aliphatic hydroxyl groups excluding tert-OH is 1. The number of ether oxygens (including phenoxy) is 1. The number of benzene rings is 2. The molecule has 2 aromatic rings. The zero-order valence-corrected chi connectivity index (χ0v) is 24.0. The fourth-order valence-electron chi connectivity index (χ4n) is 4.12. The minimum absolute atomic E-state index is 0. The molecular weight excluding hydrogens is 492 g/mol. The number of carbonyl (C=O) groups is 1. The molecule has 0 radical (unpaired) electrons. The predicted molar refractivity (Wildman–Crippen MR) is 140 cm³/mol. The number of carboxylic acid groups (broad SMARTS) is 1. The average molecular weight is 530 g/mol. The van der Waals surface area contributed by atoms with Gasteiger partial charge >= 0.3 is 37.7 Å². The summed E-state index contributed by atoms with van der Waals surface area (Å²) in [7, 11) is 0. The second kappa shape index (κ2) is 18.5. The Morgan fingerprint density at radius 2 is 1.54 bits per heavy atom. The summed E-state index contributed by atoms with van der Waals surface area (Å²) < 4.78 is 5.39. The number of hydrogen-bond donors (Lipinski definition) is 1. The molecule has 1 aliphatic heterocycles. The van der Waals surface area contributed by atoms with E-state index in [4.69, 9.17) is 21.4 Å². The van der Waals surface area contributed by atoms with Crippen LogP contribution in [0.15, 0.2) is 54.6 Å². The molecule has 0 aliphatic carbocycles. The second-order valence-corrected chi connectivity index (χ2v) is 8.85. The van der Waals surface area contributed by atoms with E-state index in [0.717, 1.165) is 37.7 Å². The van der Waals surface area contributed by atoms with Gasteiger partial charge in [0.25, 0.3) is 0 Å². The molecule has 2 aromatic carbocycles. The topological polar surface area (TPSA) is 76.1 Å². The van der Waals surface area contributed by atoms with E-state index >= 15 is 0 Å². The van der Waals surface area contributed by atoms with Crippen LogP contribution in [0.5, 0.6) is 0 Å². The first-order valence-electron chi connectivity index (χ1n) is 12.2. The van der Waals surface area contributed by atoms with Crippen molar-refractivity contribution in [1.29, 1.82) is 0 Å². The first-order valence-corrected chi connectivity index (χ1v) is 12.5. The number of carboxylic acids is 1. The largest absolute Gasteiger partial charge is 2.00 e. The minimum atomic E-state index is -0.921. The van der Waals surface area contributed by atoms with Crippen LogP contribution in [0.3, 0.4) is 0 Å². The average Bonchev–Trinajstić information content (AvgIpc) is 2.86. The van der Waals surface area contributed by atoms with Gasteiger partial charge in [-0.05, 0) is 42.0 Å². The molecule has 0 saturated carbocycles. The molecule has 0 amide bonds. The van der Waals surface area contributed by atoms with E-state index in [9.17, 15) is 9.90 Å². The minimum Gasteiger partial charge on any atom is -0.550 e. The first-order chi connectivity index (χ1) is 16.5. The van der Waals surface area contributed by atoms with Gasteiger partial charge in [-0.1, -0.05) is 67.9 Å².